The van der Waals surface area contributed by atoms with E-state index in [4.69, 9.17) is 0 Å². The highest BCUT2D eigenvalue weighted by Gasteiger charge is 2.06. The van der Waals surface area contributed by atoms with E-state index in [0.29, 0.717) is 5.75 Å². The van der Waals surface area contributed by atoms with Crippen LogP contribution in [0.15, 0.2) is 12.1 Å². The first-order valence-electron chi connectivity index (χ1n) is 7.00. The van der Waals surface area contributed by atoms with Crippen LogP contribution in [-0.4, -0.2) is 5.11 Å². The van der Waals surface area contributed by atoms with E-state index >= 15 is 0 Å². The zero-order chi connectivity index (χ0) is 12.7. The van der Waals surface area contributed by atoms with Gasteiger partial charge < -0.3 is 5.11 Å². The minimum absolute atomic E-state index is 0.515. The third kappa shape index (κ3) is 4.41. The number of unbranched alkanes of at least 4 members (excludes halogenated alkanes) is 3. The van der Waals surface area contributed by atoms with Crippen LogP contribution in [-0.2, 0) is 12.8 Å². The van der Waals surface area contributed by atoms with Gasteiger partial charge in [0.25, 0.3) is 0 Å². The fourth-order valence-electron chi connectivity index (χ4n) is 2.21. The summed E-state index contributed by atoms with van der Waals surface area (Å²) in [6.07, 6.45) is 8.27. The van der Waals surface area contributed by atoms with Crippen LogP contribution in [0.5, 0.6) is 5.75 Å². The van der Waals surface area contributed by atoms with E-state index in [9.17, 15) is 5.11 Å². The normalized spacial score (nSPS) is 10.8. The highest BCUT2D eigenvalue weighted by molar-refractivity contribution is 5.43. The summed E-state index contributed by atoms with van der Waals surface area (Å²) in [5.74, 6) is 0.515. The van der Waals surface area contributed by atoms with Gasteiger partial charge in [0.15, 0.2) is 0 Å². The van der Waals surface area contributed by atoms with Gasteiger partial charge in [-0.1, -0.05) is 45.2 Å². The number of aryl methyl sites for hydroxylation is 3. The zero-order valence-electron chi connectivity index (χ0n) is 11.6. The first-order valence-corrected chi connectivity index (χ1v) is 7.00. The van der Waals surface area contributed by atoms with Crippen LogP contribution in [0.25, 0.3) is 0 Å². The van der Waals surface area contributed by atoms with E-state index < -0.39 is 0 Å². The molecule has 0 saturated carbocycles. The minimum atomic E-state index is 0.515. The van der Waals surface area contributed by atoms with Gasteiger partial charge in [0.2, 0.25) is 0 Å². The summed E-state index contributed by atoms with van der Waals surface area (Å²) in [4.78, 5) is 0. The third-order valence-electron chi connectivity index (χ3n) is 3.31. The molecule has 0 saturated heterocycles. The lowest BCUT2D eigenvalue weighted by Crippen LogP contribution is -1.94. The summed E-state index contributed by atoms with van der Waals surface area (Å²) >= 11 is 0. The molecule has 0 aromatic heterocycles. The van der Waals surface area contributed by atoms with Crippen molar-refractivity contribution in [2.24, 2.45) is 0 Å². The lowest BCUT2D eigenvalue weighted by Gasteiger charge is -2.10. The van der Waals surface area contributed by atoms with Crippen LogP contribution in [0.4, 0.5) is 0 Å². The molecular formula is C16H26O. The molecule has 0 atom stereocenters. The van der Waals surface area contributed by atoms with Gasteiger partial charge in [-0.3, -0.25) is 0 Å². The maximum absolute atomic E-state index is 10.0. The fraction of sp³-hybridized carbons (Fsp3) is 0.625. The topological polar surface area (TPSA) is 20.2 Å². The van der Waals surface area contributed by atoms with Crippen LogP contribution >= 0.6 is 0 Å². The van der Waals surface area contributed by atoms with Crippen molar-refractivity contribution in [1.29, 1.82) is 0 Å². The highest BCUT2D eigenvalue weighted by Crippen LogP contribution is 2.26. The van der Waals surface area contributed by atoms with E-state index in [2.05, 4.69) is 26.0 Å². The Morgan fingerprint density at radius 1 is 0.941 bits per heavy atom. The average molecular weight is 234 g/mol. The summed E-state index contributed by atoms with van der Waals surface area (Å²) in [6.45, 7) is 6.44. The molecule has 1 aromatic carbocycles. The summed E-state index contributed by atoms with van der Waals surface area (Å²) in [7, 11) is 0. The summed E-state index contributed by atoms with van der Waals surface area (Å²) in [6, 6.07) is 4.34. The van der Waals surface area contributed by atoms with Crippen LogP contribution in [0.2, 0.25) is 0 Å². The second-order valence-electron chi connectivity index (χ2n) is 4.98. The second-order valence-corrected chi connectivity index (χ2v) is 4.98. The van der Waals surface area contributed by atoms with E-state index in [1.165, 1.54) is 37.7 Å². The van der Waals surface area contributed by atoms with Crippen molar-refractivity contribution in [1.82, 2.24) is 0 Å². The van der Waals surface area contributed by atoms with Crippen molar-refractivity contribution in [3.05, 3.63) is 28.8 Å². The van der Waals surface area contributed by atoms with Crippen molar-refractivity contribution >= 4 is 0 Å². The predicted molar refractivity (Wildman–Crippen MR) is 74.7 cm³/mol. The Morgan fingerprint density at radius 3 is 2.29 bits per heavy atom. The van der Waals surface area contributed by atoms with Crippen molar-refractivity contribution in [3.63, 3.8) is 0 Å². The van der Waals surface area contributed by atoms with E-state index in [-0.39, 0.29) is 0 Å². The molecule has 1 heteroatoms. The highest BCUT2D eigenvalue weighted by atomic mass is 16.3. The second kappa shape index (κ2) is 7.37. The molecule has 1 aromatic rings. The van der Waals surface area contributed by atoms with Crippen molar-refractivity contribution in [2.45, 2.75) is 65.7 Å². The van der Waals surface area contributed by atoms with Gasteiger partial charge in [-0.15, -0.1) is 0 Å². The molecule has 0 heterocycles. The summed E-state index contributed by atoms with van der Waals surface area (Å²) in [5, 5.41) is 10.0. The van der Waals surface area contributed by atoms with Gasteiger partial charge in [-0.25, -0.2) is 0 Å². The molecule has 96 valence electrons. The fourth-order valence-corrected chi connectivity index (χ4v) is 2.21. The summed E-state index contributed by atoms with van der Waals surface area (Å²) in [5.41, 5.74) is 3.56. The molecule has 0 bridgehead atoms. The van der Waals surface area contributed by atoms with Gasteiger partial charge in [0.1, 0.15) is 5.75 Å². The van der Waals surface area contributed by atoms with Gasteiger partial charge in [-0.05, 0) is 49.3 Å². The van der Waals surface area contributed by atoms with Crippen LogP contribution in [0, 0.1) is 6.92 Å². The largest absolute Gasteiger partial charge is 0.507 e. The number of rotatable bonds is 7. The Hall–Kier alpha value is -0.980. The average Bonchev–Trinajstić information content (AvgIpc) is 2.32. The lowest BCUT2D eigenvalue weighted by molar-refractivity contribution is 0.462. The molecule has 1 rings (SSSR count). The Bertz CT molecular complexity index is 342. The summed E-state index contributed by atoms with van der Waals surface area (Å²) < 4.78 is 0. The van der Waals surface area contributed by atoms with Crippen molar-refractivity contribution in [2.75, 3.05) is 0 Å². The molecule has 0 radical (unpaired) electrons. The number of benzene rings is 1. The molecular weight excluding hydrogens is 208 g/mol. The van der Waals surface area contributed by atoms with Crippen LogP contribution in [0.1, 0.15) is 62.6 Å². The molecule has 0 aliphatic carbocycles. The van der Waals surface area contributed by atoms with E-state index in [1.54, 1.807) is 0 Å². The minimum Gasteiger partial charge on any atom is -0.507 e. The van der Waals surface area contributed by atoms with Crippen LogP contribution < -0.4 is 0 Å². The van der Waals surface area contributed by atoms with Crippen LogP contribution in [0.3, 0.4) is 0 Å². The molecule has 0 fully saturated rings. The van der Waals surface area contributed by atoms with Crippen molar-refractivity contribution < 1.29 is 5.11 Å². The predicted octanol–water partition coefficient (Wildman–Crippen LogP) is 4.78. The molecule has 1 N–H and O–H groups in total. The molecule has 0 unspecified atom stereocenters. The molecule has 17 heavy (non-hydrogen) atoms. The standard InChI is InChI=1S/C16H26O/c1-4-6-8-10-15-12-14(9-7-5-2)11-13(3)16(15)17/h11-12,17H,4-10H2,1-3H3. The van der Waals surface area contributed by atoms with E-state index in [1.807, 2.05) is 6.92 Å². The Morgan fingerprint density at radius 2 is 1.65 bits per heavy atom. The van der Waals surface area contributed by atoms with E-state index in [0.717, 1.165) is 24.0 Å². The first-order chi connectivity index (χ1) is 8.19. The van der Waals surface area contributed by atoms with Gasteiger partial charge >= 0.3 is 0 Å². The number of hydrogen-bond acceptors (Lipinski definition) is 1. The number of phenols is 1. The maximum atomic E-state index is 10.0. The zero-order valence-corrected chi connectivity index (χ0v) is 11.6. The van der Waals surface area contributed by atoms with Gasteiger partial charge in [-0.2, -0.15) is 0 Å². The quantitative estimate of drug-likeness (QED) is 0.673. The maximum Gasteiger partial charge on any atom is 0.121 e. The smallest absolute Gasteiger partial charge is 0.121 e. The first kappa shape index (κ1) is 14.1. The SMILES string of the molecule is CCCCCc1cc(CCCC)cc(C)c1O. The number of hydrogen-bond donors (Lipinski definition) is 1. The lowest BCUT2D eigenvalue weighted by atomic mass is 9.97. The number of aromatic hydroxyl groups is 1. The molecule has 1 nitrogen and oxygen atoms in total. The Kier molecular flexibility index (Phi) is 6.10. The number of phenolic OH excluding ortho intramolecular Hbond substituents is 1. The van der Waals surface area contributed by atoms with Crippen molar-refractivity contribution in [3.8, 4) is 5.75 Å². The third-order valence-corrected chi connectivity index (χ3v) is 3.31. The molecule has 0 aliphatic heterocycles. The Balaban J connectivity index is 2.75. The Labute approximate surface area is 106 Å². The monoisotopic (exact) mass is 234 g/mol. The molecule has 0 spiro atoms. The molecule has 0 aliphatic rings. The van der Waals surface area contributed by atoms with Gasteiger partial charge in [0.05, 0.1) is 0 Å². The van der Waals surface area contributed by atoms with Gasteiger partial charge in [0, 0.05) is 0 Å². The molecule has 0 amide bonds.